The van der Waals surface area contributed by atoms with Crippen LogP contribution in [0.5, 0.6) is 0 Å². The summed E-state index contributed by atoms with van der Waals surface area (Å²) in [4.78, 5) is 24.2. The van der Waals surface area contributed by atoms with Crippen LogP contribution in [0, 0.1) is 17.3 Å². The number of carbonyl (C=O) groups excluding carboxylic acids is 2. The van der Waals surface area contributed by atoms with Gasteiger partial charge in [-0.2, -0.15) is 30.4 Å². The third-order valence-electron chi connectivity index (χ3n) is 5.97. The molecule has 13 heteroatoms. The van der Waals surface area contributed by atoms with Gasteiger partial charge < -0.3 is 9.47 Å². The molecule has 4 aliphatic rings. The zero-order chi connectivity index (χ0) is 22.0. The molecule has 0 aromatic rings. The van der Waals surface area contributed by atoms with Crippen molar-refractivity contribution in [2.45, 2.75) is 68.6 Å². The Balaban J connectivity index is 1.92. The molecule has 0 spiro atoms. The first-order valence-corrected chi connectivity index (χ1v) is 10.3. The Morgan fingerprint density at radius 3 is 2.00 bits per heavy atom. The zero-order valence-electron chi connectivity index (χ0n) is 15.2. The normalized spacial score (nSPS) is 35.3. The molecule has 0 heterocycles. The van der Waals surface area contributed by atoms with Gasteiger partial charge in [0.2, 0.25) is 0 Å². The molecular weight excluding hydrogens is 431 g/mol. The minimum Gasteiger partial charge on any atom is -0.459 e. The van der Waals surface area contributed by atoms with E-state index in [2.05, 4.69) is 4.74 Å². The highest BCUT2D eigenvalue weighted by Crippen LogP contribution is 2.63. The van der Waals surface area contributed by atoms with Gasteiger partial charge in [0.05, 0.1) is 5.41 Å². The first-order chi connectivity index (χ1) is 13.0. The van der Waals surface area contributed by atoms with Crippen LogP contribution >= 0.6 is 0 Å². The Kier molecular flexibility index (Phi) is 4.97. The van der Waals surface area contributed by atoms with Crippen LogP contribution in [0.2, 0.25) is 0 Å². The molecule has 0 aromatic heterocycles. The van der Waals surface area contributed by atoms with Gasteiger partial charge in [0.15, 0.2) is 0 Å². The average Bonchev–Trinajstić information content (AvgIpc) is 2.47. The molecule has 0 aliphatic heterocycles. The Morgan fingerprint density at radius 1 is 1.07 bits per heavy atom. The molecule has 0 amide bonds. The van der Waals surface area contributed by atoms with E-state index in [1.165, 1.54) is 0 Å². The summed E-state index contributed by atoms with van der Waals surface area (Å²) in [6.07, 6.45) is -8.92. The highest BCUT2D eigenvalue weighted by atomic mass is 32.2. The van der Waals surface area contributed by atoms with Crippen molar-refractivity contribution in [1.82, 2.24) is 0 Å². The summed E-state index contributed by atoms with van der Waals surface area (Å²) in [5, 5.41) is -5.78. The van der Waals surface area contributed by atoms with E-state index in [0.29, 0.717) is 19.3 Å². The fourth-order valence-corrected chi connectivity index (χ4v) is 5.99. The number of hydrogen-bond donors (Lipinski definition) is 1. The van der Waals surface area contributed by atoms with Crippen LogP contribution in [0.3, 0.4) is 0 Å². The van der Waals surface area contributed by atoms with Gasteiger partial charge in [-0.05, 0) is 43.9 Å². The molecule has 7 nitrogen and oxygen atoms in total. The van der Waals surface area contributed by atoms with Gasteiger partial charge >= 0.3 is 33.5 Å². The van der Waals surface area contributed by atoms with E-state index in [9.17, 15) is 40.0 Å². The smallest absolute Gasteiger partial charge is 0.432 e. The monoisotopic (exact) mass is 450 g/mol. The summed E-state index contributed by atoms with van der Waals surface area (Å²) in [5.41, 5.74) is -2.69. The molecule has 4 aliphatic carbocycles. The van der Waals surface area contributed by atoms with Crippen LogP contribution in [-0.4, -0.2) is 48.0 Å². The summed E-state index contributed by atoms with van der Waals surface area (Å²) in [6, 6.07) is 0. The third-order valence-corrected chi connectivity index (χ3v) is 6.87. The summed E-state index contributed by atoms with van der Waals surface area (Å²) in [5.74, 6) is -2.61. The molecule has 1 N–H and O–H groups in total. The average molecular weight is 450 g/mol. The number of esters is 2. The lowest BCUT2D eigenvalue weighted by Gasteiger charge is -2.59. The Bertz CT molecular complexity index is 808. The Hall–Kier alpha value is -1.50. The van der Waals surface area contributed by atoms with E-state index in [4.69, 9.17) is 9.29 Å². The molecule has 4 rings (SSSR count). The van der Waals surface area contributed by atoms with Gasteiger partial charge in [0.1, 0.15) is 5.60 Å². The quantitative estimate of drug-likeness (QED) is 0.390. The molecule has 4 bridgehead atoms. The second-order valence-corrected chi connectivity index (χ2v) is 9.88. The molecular formula is C16H19F5O7S. The van der Waals surface area contributed by atoms with Crippen molar-refractivity contribution in [1.29, 1.82) is 0 Å². The highest BCUT2D eigenvalue weighted by Gasteiger charge is 2.69. The van der Waals surface area contributed by atoms with Gasteiger partial charge in [0, 0.05) is 13.3 Å². The van der Waals surface area contributed by atoms with Crippen LogP contribution in [0.4, 0.5) is 22.0 Å². The Morgan fingerprint density at radius 2 is 1.59 bits per heavy atom. The largest absolute Gasteiger partial charge is 0.459 e. The number of alkyl halides is 5. The van der Waals surface area contributed by atoms with Crippen molar-refractivity contribution in [3.8, 4) is 0 Å². The fourth-order valence-electron chi connectivity index (χ4n) is 5.53. The van der Waals surface area contributed by atoms with Crippen molar-refractivity contribution >= 4 is 22.1 Å². The van der Waals surface area contributed by atoms with E-state index in [1.807, 2.05) is 0 Å². The number of ether oxygens (including phenoxy) is 2. The molecule has 3 unspecified atom stereocenters. The highest BCUT2D eigenvalue weighted by molar-refractivity contribution is 7.86. The number of carbonyl (C=O) groups is 2. The van der Waals surface area contributed by atoms with Gasteiger partial charge in [-0.3, -0.25) is 14.1 Å². The fraction of sp³-hybridized carbons (Fsp3) is 0.875. The Labute approximate surface area is 162 Å². The lowest BCUT2D eigenvalue weighted by atomic mass is 9.48. The number of halogens is 5. The van der Waals surface area contributed by atoms with Gasteiger partial charge in [-0.1, -0.05) is 0 Å². The van der Waals surface area contributed by atoms with Crippen molar-refractivity contribution in [3.05, 3.63) is 0 Å². The van der Waals surface area contributed by atoms with E-state index >= 15 is 0 Å². The first kappa shape index (κ1) is 22.2. The maximum Gasteiger partial charge on any atom is 0.432 e. The van der Waals surface area contributed by atoms with Gasteiger partial charge in [-0.25, -0.2) is 0 Å². The van der Waals surface area contributed by atoms with Crippen LogP contribution in [0.15, 0.2) is 0 Å². The topological polar surface area (TPSA) is 107 Å². The predicted molar refractivity (Wildman–Crippen MR) is 84.0 cm³/mol. The van der Waals surface area contributed by atoms with E-state index < -0.39 is 50.6 Å². The van der Waals surface area contributed by atoms with Crippen LogP contribution in [0.25, 0.3) is 0 Å². The molecule has 0 aromatic carbocycles. The zero-order valence-corrected chi connectivity index (χ0v) is 16.0. The van der Waals surface area contributed by atoms with E-state index in [1.54, 1.807) is 0 Å². The molecule has 29 heavy (non-hydrogen) atoms. The van der Waals surface area contributed by atoms with Crippen LogP contribution < -0.4 is 0 Å². The predicted octanol–water partition coefficient (Wildman–Crippen LogP) is 2.84. The standard InChI is InChI=1S/C16H19F5O7S/c1-8(22)28-14-5-9-2-10(6-14)4-13(3-9,7-14)12(23)27-11(15(17,18)19)16(20,21)29(24,25)26/h9-11H,2-7H2,1H3,(H,24,25,26). The molecule has 4 fully saturated rings. The molecule has 3 atom stereocenters. The second-order valence-electron chi connectivity index (χ2n) is 8.38. The summed E-state index contributed by atoms with van der Waals surface area (Å²) in [7, 11) is -6.51. The lowest BCUT2D eigenvalue weighted by molar-refractivity contribution is -0.269. The molecule has 0 saturated heterocycles. The van der Waals surface area contributed by atoms with Crippen molar-refractivity contribution in [2.24, 2.45) is 17.3 Å². The summed E-state index contributed by atoms with van der Waals surface area (Å²) >= 11 is 0. The molecule has 166 valence electrons. The number of rotatable bonds is 5. The minimum atomic E-state index is -6.51. The van der Waals surface area contributed by atoms with Crippen molar-refractivity contribution < 1.29 is 54.0 Å². The van der Waals surface area contributed by atoms with E-state index in [0.717, 1.165) is 6.92 Å². The van der Waals surface area contributed by atoms with E-state index in [-0.39, 0.29) is 31.1 Å². The lowest BCUT2D eigenvalue weighted by Crippen LogP contribution is -2.61. The molecule has 0 radical (unpaired) electrons. The maximum absolute atomic E-state index is 13.8. The SMILES string of the molecule is CC(=O)OC12CC3CC(C1)CC(C(=O)OC(C(F)(F)F)C(F)(F)S(=O)(=O)O)(C3)C2. The van der Waals surface area contributed by atoms with Crippen molar-refractivity contribution in [3.63, 3.8) is 0 Å². The van der Waals surface area contributed by atoms with Crippen molar-refractivity contribution in [2.75, 3.05) is 0 Å². The summed E-state index contributed by atoms with van der Waals surface area (Å²) in [6.45, 7) is 1.15. The van der Waals surface area contributed by atoms with Gasteiger partial charge in [-0.15, -0.1) is 0 Å². The number of hydrogen-bond acceptors (Lipinski definition) is 6. The second kappa shape index (κ2) is 6.50. The van der Waals surface area contributed by atoms with Gasteiger partial charge in [0.25, 0.3) is 6.10 Å². The molecule has 4 saturated carbocycles. The third kappa shape index (κ3) is 3.82. The summed E-state index contributed by atoms with van der Waals surface area (Å²) < 4.78 is 106. The van der Waals surface area contributed by atoms with Crippen LogP contribution in [0.1, 0.15) is 45.4 Å². The first-order valence-electron chi connectivity index (χ1n) is 8.82. The minimum absolute atomic E-state index is 0.0629. The van der Waals surface area contributed by atoms with Crippen LogP contribution in [-0.2, 0) is 29.2 Å². The maximum atomic E-state index is 13.8.